The van der Waals surface area contributed by atoms with Crippen LogP contribution in [0.5, 0.6) is 0 Å². The Hall–Kier alpha value is 0.300. The van der Waals surface area contributed by atoms with Gasteiger partial charge in [0.25, 0.3) is 0 Å². The molecule has 1 rings (SSSR count). The van der Waals surface area contributed by atoms with Crippen LogP contribution in [0.25, 0.3) is 0 Å². The van der Waals surface area contributed by atoms with Gasteiger partial charge in [-0.05, 0) is 34.7 Å². The highest BCUT2D eigenvalue weighted by Gasteiger charge is 1.96. The maximum atomic E-state index is 5.63. The number of allylic oxidation sites excluding steroid dienone is 2. The number of hydrogen-bond acceptors (Lipinski definition) is 1. The SMILES string of the molecule is ClC1=CC=C(I)NC1. The quantitative estimate of drug-likeness (QED) is 0.505. The lowest BCUT2D eigenvalue weighted by molar-refractivity contribution is 0.951. The smallest absolute Gasteiger partial charge is 0.0735 e. The molecule has 0 atom stereocenters. The Morgan fingerprint density at radius 1 is 1.62 bits per heavy atom. The molecule has 1 nitrogen and oxygen atoms in total. The van der Waals surface area contributed by atoms with E-state index in [9.17, 15) is 0 Å². The van der Waals surface area contributed by atoms with Gasteiger partial charge in [0, 0.05) is 5.03 Å². The van der Waals surface area contributed by atoms with Crippen molar-refractivity contribution in [3.63, 3.8) is 0 Å². The van der Waals surface area contributed by atoms with E-state index < -0.39 is 0 Å². The summed E-state index contributed by atoms with van der Waals surface area (Å²) >= 11 is 7.85. The van der Waals surface area contributed by atoms with E-state index in [0.717, 1.165) is 15.3 Å². The summed E-state index contributed by atoms with van der Waals surface area (Å²) < 4.78 is 1.15. The summed E-state index contributed by atoms with van der Waals surface area (Å²) in [6.45, 7) is 0.774. The molecular formula is C5H5ClIN. The molecule has 0 aromatic carbocycles. The van der Waals surface area contributed by atoms with Crippen LogP contribution in [0.1, 0.15) is 0 Å². The van der Waals surface area contributed by atoms with Gasteiger partial charge >= 0.3 is 0 Å². The van der Waals surface area contributed by atoms with Crippen molar-refractivity contribution in [2.75, 3.05) is 6.54 Å². The molecule has 0 aromatic heterocycles. The standard InChI is InChI=1S/C5H5ClIN/c6-4-1-2-5(7)8-3-4/h1-2,8H,3H2. The van der Waals surface area contributed by atoms with Gasteiger partial charge in [-0.2, -0.15) is 0 Å². The van der Waals surface area contributed by atoms with Crippen LogP contribution < -0.4 is 5.32 Å². The Kier molecular flexibility index (Phi) is 2.19. The fourth-order valence-corrected chi connectivity index (χ4v) is 0.951. The molecule has 0 aromatic rings. The number of rotatable bonds is 0. The van der Waals surface area contributed by atoms with E-state index in [2.05, 4.69) is 27.9 Å². The molecular weight excluding hydrogens is 236 g/mol. The van der Waals surface area contributed by atoms with Crippen LogP contribution in [0.2, 0.25) is 0 Å². The Labute approximate surface area is 66.9 Å². The molecule has 0 fully saturated rings. The summed E-state index contributed by atoms with van der Waals surface area (Å²) in [7, 11) is 0. The molecule has 0 saturated heterocycles. The van der Waals surface area contributed by atoms with E-state index in [1.54, 1.807) is 0 Å². The molecule has 1 aliphatic heterocycles. The maximum absolute atomic E-state index is 5.63. The van der Waals surface area contributed by atoms with Gasteiger partial charge in [0.15, 0.2) is 0 Å². The first-order valence-corrected chi connectivity index (χ1v) is 3.70. The molecule has 0 aliphatic carbocycles. The molecule has 0 saturated carbocycles. The van der Waals surface area contributed by atoms with Crippen LogP contribution >= 0.6 is 34.2 Å². The second-order valence-electron chi connectivity index (χ2n) is 1.48. The molecule has 0 radical (unpaired) electrons. The highest BCUT2D eigenvalue weighted by atomic mass is 127. The topological polar surface area (TPSA) is 12.0 Å². The zero-order valence-electron chi connectivity index (χ0n) is 4.12. The fourth-order valence-electron chi connectivity index (χ4n) is 0.450. The molecule has 0 unspecified atom stereocenters. The Morgan fingerprint density at radius 2 is 2.38 bits per heavy atom. The normalized spacial score (nSPS) is 18.8. The van der Waals surface area contributed by atoms with Crippen LogP contribution in [0.4, 0.5) is 0 Å². The van der Waals surface area contributed by atoms with Gasteiger partial charge in [-0.1, -0.05) is 11.6 Å². The largest absolute Gasteiger partial charge is 0.375 e. The van der Waals surface area contributed by atoms with Crippen molar-refractivity contribution in [3.05, 3.63) is 20.9 Å². The summed E-state index contributed by atoms with van der Waals surface area (Å²) in [4.78, 5) is 0. The molecule has 8 heavy (non-hydrogen) atoms. The monoisotopic (exact) mass is 241 g/mol. The van der Waals surface area contributed by atoms with Crippen molar-refractivity contribution in [2.45, 2.75) is 0 Å². The second-order valence-corrected chi connectivity index (χ2v) is 3.13. The van der Waals surface area contributed by atoms with E-state index in [1.165, 1.54) is 0 Å². The third-order valence-corrected chi connectivity index (χ3v) is 1.84. The Balaban J connectivity index is 2.65. The van der Waals surface area contributed by atoms with Crippen molar-refractivity contribution >= 4 is 34.2 Å². The predicted molar refractivity (Wildman–Crippen MR) is 44.0 cm³/mol. The first-order chi connectivity index (χ1) is 3.79. The lowest BCUT2D eigenvalue weighted by Crippen LogP contribution is -2.13. The molecule has 3 heteroatoms. The lowest BCUT2D eigenvalue weighted by Gasteiger charge is -2.06. The molecule has 0 bridgehead atoms. The van der Waals surface area contributed by atoms with E-state index >= 15 is 0 Å². The molecule has 0 spiro atoms. The first-order valence-electron chi connectivity index (χ1n) is 2.25. The van der Waals surface area contributed by atoms with Crippen molar-refractivity contribution < 1.29 is 0 Å². The van der Waals surface area contributed by atoms with Gasteiger partial charge in [-0.25, -0.2) is 0 Å². The van der Waals surface area contributed by atoms with E-state index in [0.29, 0.717) is 0 Å². The minimum Gasteiger partial charge on any atom is -0.375 e. The second kappa shape index (κ2) is 2.73. The van der Waals surface area contributed by atoms with Gasteiger partial charge in [-0.15, -0.1) is 0 Å². The maximum Gasteiger partial charge on any atom is 0.0735 e. The van der Waals surface area contributed by atoms with Gasteiger partial charge < -0.3 is 5.32 Å². The third-order valence-electron chi connectivity index (χ3n) is 0.837. The van der Waals surface area contributed by atoms with Crippen LogP contribution in [-0.2, 0) is 0 Å². The van der Waals surface area contributed by atoms with Crippen molar-refractivity contribution in [2.24, 2.45) is 0 Å². The molecule has 1 N–H and O–H groups in total. The van der Waals surface area contributed by atoms with Crippen LogP contribution in [0.15, 0.2) is 20.9 Å². The van der Waals surface area contributed by atoms with E-state index in [1.807, 2.05) is 12.2 Å². The van der Waals surface area contributed by atoms with Gasteiger partial charge in [0.2, 0.25) is 0 Å². The highest BCUT2D eigenvalue weighted by molar-refractivity contribution is 14.1. The average Bonchev–Trinajstić information content (AvgIpc) is 1.77. The minimum atomic E-state index is 0.774. The zero-order chi connectivity index (χ0) is 5.98. The third kappa shape index (κ3) is 1.67. The van der Waals surface area contributed by atoms with Crippen LogP contribution in [-0.4, -0.2) is 6.54 Å². The summed E-state index contributed by atoms with van der Waals surface area (Å²) in [5, 5.41) is 3.95. The molecule has 44 valence electrons. The van der Waals surface area contributed by atoms with Crippen LogP contribution in [0.3, 0.4) is 0 Å². The van der Waals surface area contributed by atoms with Crippen LogP contribution in [0, 0.1) is 0 Å². The zero-order valence-corrected chi connectivity index (χ0v) is 7.03. The molecule has 1 heterocycles. The van der Waals surface area contributed by atoms with Crippen molar-refractivity contribution in [1.82, 2.24) is 5.32 Å². The van der Waals surface area contributed by atoms with Gasteiger partial charge in [0.05, 0.1) is 10.2 Å². The number of halogens is 2. The minimum absolute atomic E-state index is 0.774. The van der Waals surface area contributed by atoms with Gasteiger partial charge in [0.1, 0.15) is 0 Å². The molecule has 0 amide bonds. The Bertz CT molecular complexity index is 133. The van der Waals surface area contributed by atoms with Gasteiger partial charge in [-0.3, -0.25) is 0 Å². The van der Waals surface area contributed by atoms with Crippen molar-refractivity contribution in [1.29, 1.82) is 0 Å². The summed E-state index contributed by atoms with van der Waals surface area (Å²) in [5.41, 5.74) is 0. The Morgan fingerprint density at radius 3 is 2.75 bits per heavy atom. The van der Waals surface area contributed by atoms with E-state index in [-0.39, 0.29) is 0 Å². The predicted octanol–water partition coefficient (Wildman–Crippen LogP) is 1.99. The number of hydrogen-bond donors (Lipinski definition) is 1. The van der Waals surface area contributed by atoms with Crippen molar-refractivity contribution in [3.8, 4) is 0 Å². The summed E-state index contributed by atoms with van der Waals surface area (Å²) in [5.74, 6) is 0. The lowest BCUT2D eigenvalue weighted by atomic mass is 10.4. The number of nitrogens with one attached hydrogen (secondary N) is 1. The fraction of sp³-hybridized carbons (Fsp3) is 0.200. The molecule has 1 aliphatic rings. The first kappa shape index (κ1) is 6.42. The van der Waals surface area contributed by atoms with E-state index in [4.69, 9.17) is 11.6 Å². The highest BCUT2D eigenvalue weighted by Crippen LogP contribution is 2.10. The summed E-state index contributed by atoms with van der Waals surface area (Å²) in [6.07, 6.45) is 3.85. The average molecular weight is 241 g/mol. The summed E-state index contributed by atoms with van der Waals surface area (Å²) in [6, 6.07) is 0. The number of dihydropyridines is 1.